The van der Waals surface area contributed by atoms with Gasteiger partial charge < -0.3 is 20.3 Å². The number of carbonyl (C=O) groups is 2. The first kappa shape index (κ1) is 14.9. The molecule has 0 aliphatic carbocycles. The molecule has 1 aromatic heterocycles. The summed E-state index contributed by atoms with van der Waals surface area (Å²) in [6, 6.07) is -0.469. The van der Waals surface area contributed by atoms with Gasteiger partial charge >= 0.3 is 12.0 Å². The van der Waals surface area contributed by atoms with E-state index >= 15 is 0 Å². The van der Waals surface area contributed by atoms with Crippen LogP contribution in [-0.4, -0.2) is 33.8 Å². The van der Waals surface area contributed by atoms with Crippen LogP contribution in [0, 0.1) is 12.3 Å². The van der Waals surface area contributed by atoms with E-state index in [-0.39, 0.29) is 13.1 Å². The quantitative estimate of drug-likeness (QED) is 0.699. The van der Waals surface area contributed by atoms with Gasteiger partial charge in [-0.2, -0.15) is 4.98 Å². The van der Waals surface area contributed by atoms with E-state index in [1.54, 1.807) is 20.8 Å². The van der Waals surface area contributed by atoms with Crippen LogP contribution in [0.1, 0.15) is 32.0 Å². The van der Waals surface area contributed by atoms with Gasteiger partial charge in [0.15, 0.2) is 5.82 Å². The Labute approximate surface area is 110 Å². The topological polar surface area (TPSA) is 117 Å². The van der Waals surface area contributed by atoms with Crippen molar-refractivity contribution in [3.05, 3.63) is 11.7 Å². The average Bonchev–Trinajstić information content (AvgIpc) is 2.79. The van der Waals surface area contributed by atoms with Gasteiger partial charge in [-0.3, -0.25) is 4.79 Å². The molecule has 0 radical (unpaired) electrons. The minimum Gasteiger partial charge on any atom is -0.481 e. The molecule has 0 saturated carbocycles. The Balaban J connectivity index is 2.37. The predicted molar refractivity (Wildman–Crippen MR) is 65.3 cm³/mol. The van der Waals surface area contributed by atoms with Crippen LogP contribution in [0.3, 0.4) is 0 Å². The second-order valence-corrected chi connectivity index (χ2v) is 4.49. The molecule has 1 heterocycles. The van der Waals surface area contributed by atoms with E-state index in [0.29, 0.717) is 18.1 Å². The number of carboxylic acid groups (broad SMARTS) is 1. The third kappa shape index (κ3) is 4.23. The molecule has 1 atom stereocenters. The van der Waals surface area contributed by atoms with Crippen molar-refractivity contribution >= 4 is 12.0 Å². The van der Waals surface area contributed by atoms with Crippen molar-refractivity contribution < 1.29 is 19.2 Å². The van der Waals surface area contributed by atoms with E-state index in [9.17, 15) is 9.59 Å². The van der Waals surface area contributed by atoms with Gasteiger partial charge in [0.2, 0.25) is 5.89 Å². The molecule has 0 aromatic carbocycles. The van der Waals surface area contributed by atoms with E-state index in [1.165, 1.54) is 0 Å². The molecular weight excluding hydrogens is 252 g/mol. The number of hydrogen-bond acceptors (Lipinski definition) is 5. The average molecular weight is 270 g/mol. The normalized spacial score (nSPS) is 13.6. The molecule has 1 aromatic rings. The lowest BCUT2D eigenvalue weighted by molar-refractivity contribution is -0.147. The number of aromatic nitrogens is 2. The van der Waals surface area contributed by atoms with Crippen molar-refractivity contribution in [1.29, 1.82) is 0 Å². The zero-order valence-electron chi connectivity index (χ0n) is 11.2. The van der Waals surface area contributed by atoms with Crippen LogP contribution in [0.15, 0.2) is 4.52 Å². The van der Waals surface area contributed by atoms with E-state index < -0.39 is 17.4 Å². The molecule has 106 valence electrons. The van der Waals surface area contributed by atoms with Gasteiger partial charge in [-0.15, -0.1) is 0 Å². The van der Waals surface area contributed by atoms with Crippen LogP contribution in [0.4, 0.5) is 4.79 Å². The highest BCUT2D eigenvalue weighted by atomic mass is 16.5. The number of nitrogens with zero attached hydrogens (tertiary/aromatic N) is 2. The summed E-state index contributed by atoms with van der Waals surface area (Å²) >= 11 is 0. The zero-order chi connectivity index (χ0) is 14.5. The van der Waals surface area contributed by atoms with Gasteiger partial charge in [-0.05, 0) is 13.3 Å². The number of hydrogen-bond donors (Lipinski definition) is 3. The minimum absolute atomic E-state index is 0.0515. The van der Waals surface area contributed by atoms with E-state index in [1.807, 2.05) is 0 Å². The molecular formula is C11H18N4O4. The third-order valence-electron chi connectivity index (χ3n) is 2.91. The molecule has 0 aliphatic rings. The van der Waals surface area contributed by atoms with Crippen LogP contribution in [-0.2, 0) is 11.3 Å². The Bertz CT molecular complexity index is 459. The molecule has 0 spiro atoms. The van der Waals surface area contributed by atoms with Crippen LogP contribution in [0.2, 0.25) is 0 Å². The fraction of sp³-hybridized carbons (Fsp3) is 0.636. The van der Waals surface area contributed by atoms with Crippen LogP contribution in [0.25, 0.3) is 0 Å². The van der Waals surface area contributed by atoms with E-state index in [4.69, 9.17) is 9.63 Å². The van der Waals surface area contributed by atoms with Crippen molar-refractivity contribution in [2.75, 3.05) is 6.54 Å². The highest BCUT2D eigenvalue weighted by Crippen LogP contribution is 2.19. The summed E-state index contributed by atoms with van der Waals surface area (Å²) in [4.78, 5) is 26.5. The Kier molecular flexibility index (Phi) is 4.85. The summed E-state index contributed by atoms with van der Waals surface area (Å²) in [5, 5.41) is 17.7. The van der Waals surface area contributed by atoms with Crippen molar-refractivity contribution in [3.8, 4) is 0 Å². The Morgan fingerprint density at radius 2 is 2.11 bits per heavy atom. The molecule has 2 amide bonds. The zero-order valence-corrected chi connectivity index (χ0v) is 11.2. The van der Waals surface area contributed by atoms with Gasteiger partial charge in [0, 0.05) is 13.5 Å². The Morgan fingerprint density at radius 1 is 1.42 bits per heavy atom. The SMILES string of the molecule is CCC(C)(CNC(=O)NCc1noc(C)n1)C(=O)O. The molecule has 0 saturated heterocycles. The standard InChI is InChI=1S/C11H18N4O4/c1-4-11(3,9(16)17)6-13-10(18)12-5-8-14-7(2)19-15-8/h4-6H2,1-3H3,(H,16,17)(H2,12,13,18). The van der Waals surface area contributed by atoms with E-state index in [0.717, 1.165) is 0 Å². The van der Waals surface area contributed by atoms with Crippen LogP contribution in [0.5, 0.6) is 0 Å². The molecule has 0 bridgehead atoms. The summed E-state index contributed by atoms with van der Waals surface area (Å²) < 4.78 is 4.75. The fourth-order valence-electron chi connectivity index (χ4n) is 1.26. The third-order valence-corrected chi connectivity index (χ3v) is 2.91. The summed E-state index contributed by atoms with van der Waals surface area (Å²) in [7, 11) is 0. The highest BCUT2D eigenvalue weighted by molar-refractivity contribution is 5.77. The molecule has 0 fully saturated rings. The molecule has 8 nitrogen and oxygen atoms in total. The maximum atomic E-state index is 11.5. The molecule has 19 heavy (non-hydrogen) atoms. The van der Waals surface area contributed by atoms with Crippen LogP contribution >= 0.6 is 0 Å². The number of aryl methyl sites for hydroxylation is 1. The number of urea groups is 1. The number of aliphatic carboxylic acids is 1. The summed E-state index contributed by atoms with van der Waals surface area (Å²) in [5.41, 5.74) is -0.972. The maximum absolute atomic E-state index is 11.5. The molecule has 0 aliphatic heterocycles. The van der Waals surface area contributed by atoms with Crippen LogP contribution < -0.4 is 10.6 Å². The van der Waals surface area contributed by atoms with Gasteiger partial charge in [0.1, 0.15) is 0 Å². The fourth-order valence-corrected chi connectivity index (χ4v) is 1.26. The second kappa shape index (κ2) is 6.17. The number of carboxylic acids is 1. The molecule has 1 unspecified atom stereocenters. The number of nitrogens with one attached hydrogen (secondary N) is 2. The molecule has 8 heteroatoms. The Morgan fingerprint density at radius 3 is 2.58 bits per heavy atom. The lowest BCUT2D eigenvalue weighted by Crippen LogP contribution is -2.44. The molecule has 1 rings (SSSR count). The molecule has 3 N–H and O–H groups in total. The van der Waals surface area contributed by atoms with E-state index in [2.05, 4.69) is 20.8 Å². The first-order valence-electron chi connectivity index (χ1n) is 5.91. The lowest BCUT2D eigenvalue weighted by Gasteiger charge is -2.23. The van der Waals surface area contributed by atoms with Gasteiger partial charge in [-0.1, -0.05) is 12.1 Å². The van der Waals surface area contributed by atoms with Gasteiger partial charge in [0.05, 0.1) is 12.0 Å². The smallest absolute Gasteiger partial charge is 0.315 e. The van der Waals surface area contributed by atoms with Crippen molar-refractivity contribution in [2.45, 2.75) is 33.7 Å². The second-order valence-electron chi connectivity index (χ2n) is 4.49. The van der Waals surface area contributed by atoms with Gasteiger partial charge in [-0.25, -0.2) is 4.79 Å². The van der Waals surface area contributed by atoms with Gasteiger partial charge in [0.25, 0.3) is 0 Å². The van der Waals surface area contributed by atoms with Crippen molar-refractivity contribution in [3.63, 3.8) is 0 Å². The number of amides is 2. The summed E-state index contributed by atoms with van der Waals surface area (Å²) in [6.07, 6.45) is 0.423. The first-order chi connectivity index (χ1) is 8.87. The summed E-state index contributed by atoms with van der Waals surface area (Å²) in [5.74, 6) is -0.158. The predicted octanol–water partition coefficient (Wildman–Crippen LogP) is 0.678. The maximum Gasteiger partial charge on any atom is 0.315 e. The van der Waals surface area contributed by atoms with Crippen molar-refractivity contribution in [1.82, 2.24) is 20.8 Å². The first-order valence-corrected chi connectivity index (χ1v) is 5.91. The monoisotopic (exact) mass is 270 g/mol. The summed E-state index contributed by atoms with van der Waals surface area (Å²) in [6.45, 7) is 5.17. The highest BCUT2D eigenvalue weighted by Gasteiger charge is 2.31. The number of rotatable bonds is 6. The number of carbonyl (C=O) groups excluding carboxylic acids is 1. The van der Waals surface area contributed by atoms with Crippen molar-refractivity contribution in [2.24, 2.45) is 5.41 Å². The largest absolute Gasteiger partial charge is 0.481 e. The Hall–Kier alpha value is -2.12. The minimum atomic E-state index is -0.972. The lowest BCUT2D eigenvalue weighted by atomic mass is 9.88.